The molecule has 0 N–H and O–H groups in total. The van der Waals surface area contributed by atoms with Crippen molar-refractivity contribution in [3.8, 4) is 34.2 Å². The lowest BCUT2D eigenvalue weighted by Crippen LogP contribution is -2.38. The second-order valence-electron chi connectivity index (χ2n) is 18.8. The molecule has 2 heterocycles. The molecule has 12 aromatic rings. The molecule has 0 bridgehead atoms. The van der Waals surface area contributed by atoms with Gasteiger partial charge in [0.2, 0.25) is 0 Å². The van der Waals surface area contributed by atoms with Gasteiger partial charge in [-0.1, -0.05) is 231 Å². The van der Waals surface area contributed by atoms with E-state index in [1.54, 1.807) is 0 Å². The highest BCUT2D eigenvalue weighted by atomic mass is 15.3. The lowest BCUT2D eigenvalue weighted by atomic mass is 9.62. The van der Waals surface area contributed by atoms with Crippen molar-refractivity contribution >= 4 is 51.2 Å². The van der Waals surface area contributed by atoms with Crippen molar-refractivity contribution in [2.45, 2.75) is 5.41 Å². The Morgan fingerprint density at radius 2 is 0.553 bits per heavy atom. The van der Waals surface area contributed by atoms with Gasteiger partial charge in [-0.25, -0.2) is 15.0 Å². The second-order valence-corrected chi connectivity index (χ2v) is 18.8. The van der Waals surface area contributed by atoms with Crippen LogP contribution in [0.1, 0.15) is 22.3 Å². The van der Waals surface area contributed by atoms with Crippen molar-refractivity contribution in [3.05, 3.63) is 326 Å². The molecule has 0 saturated heterocycles. The minimum Gasteiger partial charge on any atom is -0.308 e. The number of aromatic nitrogens is 3. The maximum atomic E-state index is 5.42. The molecule has 13 rings (SSSR count). The first-order valence-electron chi connectivity index (χ1n) is 25.7. The van der Waals surface area contributed by atoms with Gasteiger partial charge in [-0.05, 0) is 95.1 Å². The molecule has 11 aromatic carbocycles. The van der Waals surface area contributed by atoms with E-state index in [2.05, 4.69) is 282 Å². The molecule has 1 aliphatic heterocycles. The summed E-state index contributed by atoms with van der Waals surface area (Å²) in [6.45, 7) is 0. The van der Waals surface area contributed by atoms with Crippen LogP contribution >= 0.6 is 0 Å². The third-order valence-corrected chi connectivity index (χ3v) is 14.3. The zero-order chi connectivity index (χ0) is 50.7. The first-order chi connectivity index (χ1) is 37.7. The van der Waals surface area contributed by atoms with E-state index in [0.29, 0.717) is 17.5 Å². The molecular formula is C70H50N6. The highest BCUT2D eigenvalue weighted by molar-refractivity contribution is 6.05. The van der Waals surface area contributed by atoms with Gasteiger partial charge in [-0.3, -0.25) is 0 Å². The molecule has 0 amide bonds. The molecule has 0 radical (unpaired) electrons. The van der Waals surface area contributed by atoms with Crippen LogP contribution in [0.25, 0.3) is 34.2 Å². The molecule has 6 nitrogen and oxygen atoms in total. The summed E-state index contributed by atoms with van der Waals surface area (Å²) in [7, 11) is 0. The van der Waals surface area contributed by atoms with E-state index in [4.69, 9.17) is 15.0 Å². The SMILES string of the molecule is c1ccc(-c2nc(-c3ccccc3)nc(-c3cc(N(c4ccccc4)c4ccccc4)c(N4c5ccccc5C(c5ccccc5)(c5ccccc5)c5ccccc54)c(N(c4ccccc4)c4ccccc4)c3)n2)cc1. The molecule has 0 fully saturated rings. The van der Waals surface area contributed by atoms with E-state index in [0.717, 1.165) is 79.0 Å². The zero-order valence-electron chi connectivity index (χ0n) is 41.6. The average molecular weight is 975 g/mol. The standard InChI is InChI=1S/C70H50N6/c1-9-29-51(30-10-1)67-71-68(52-31-11-2-12-32-52)73-69(72-67)53-49-64(74(56-37-17-5-18-38-56)57-39-19-6-20-40-57)66(65(50-53)75(58-41-21-7-22-42-58)59-43-23-8-24-44-59)76-62-47-27-25-45-60(62)70(54-33-13-3-14-34-54,55-35-15-4-16-36-55)61-46-26-28-48-63(61)76/h1-50H. The number of rotatable bonds is 12. The van der Waals surface area contributed by atoms with Gasteiger partial charge in [0.25, 0.3) is 0 Å². The average Bonchev–Trinajstić information content (AvgIpc) is 3.52. The molecule has 0 saturated carbocycles. The third kappa shape index (κ3) is 8.15. The number of hydrogen-bond donors (Lipinski definition) is 0. The maximum Gasteiger partial charge on any atom is 0.164 e. The summed E-state index contributed by atoms with van der Waals surface area (Å²) in [5.41, 5.74) is 15.3. The molecule has 0 atom stereocenters. The van der Waals surface area contributed by atoms with Gasteiger partial charge in [0.1, 0.15) is 0 Å². The fraction of sp³-hybridized carbons (Fsp3) is 0.0143. The van der Waals surface area contributed by atoms with Crippen LogP contribution in [0, 0.1) is 0 Å². The van der Waals surface area contributed by atoms with Gasteiger partial charge >= 0.3 is 0 Å². The highest BCUT2D eigenvalue weighted by Gasteiger charge is 2.47. The fourth-order valence-corrected chi connectivity index (χ4v) is 11.1. The van der Waals surface area contributed by atoms with Crippen LogP contribution in [-0.4, -0.2) is 15.0 Å². The quantitative estimate of drug-likeness (QED) is 0.122. The Morgan fingerprint density at radius 3 is 0.895 bits per heavy atom. The van der Waals surface area contributed by atoms with Crippen LogP contribution in [0.15, 0.2) is 303 Å². The zero-order valence-corrected chi connectivity index (χ0v) is 41.6. The van der Waals surface area contributed by atoms with Crippen molar-refractivity contribution < 1.29 is 0 Å². The van der Waals surface area contributed by atoms with Crippen LogP contribution in [0.5, 0.6) is 0 Å². The van der Waals surface area contributed by atoms with Crippen LogP contribution < -0.4 is 14.7 Å². The molecule has 1 aliphatic rings. The molecule has 0 unspecified atom stereocenters. The third-order valence-electron chi connectivity index (χ3n) is 14.3. The van der Waals surface area contributed by atoms with E-state index in [1.165, 1.54) is 11.1 Å². The van der Waals surface area contributed by atoms with Gasteiger partial charge in [0.05, 0.1) is 33.9 Å². The number of nitrogens with zero attached hydrogens (tertiary/aromatic N) is 6. The van der Waals surface area contributed by atoms with E-state index in [1.807, 2.05) is 36.4 Å². The summed E-state index contributed by atoms with van der Waals surface area (Å²) in [6, 6.07) is 108. The van der Waals surface area contributed by atoms with Gasteiger partial charge in [-0.2, -0.15) is 0 Å². The fourth-order valence-electron chi connectivity index (χ4n) is 11.1. The highest BCUT2D eigenvalue weighted by Crippen LogP contribution is 2.62. The van der Waals surface area contributed by atoms with Gasteiger partial charge < -0.3 is 14.7 Å². The van der Waals surface area contributed by atoms with Crippen LogP contribution in [0.3, 0.4) is 0 Å². The number of anilines is 9. The Hall–Kier alpha value is -10.2. The number of hydrogen-bond acceptors (Lipinski definition) is 6. The van der Waals surface area contributed by atoms with Crippen molar-refractivity contribution in [2.75, 3.05) is 14.7 Å². The smallest absolute Gasteiger partial charge is 0.164 e. The number of para-hydroxylation sites is 6. The summed E-state index contributed by atoms with van der Waals surface area (Å²) in [5.74, 6) is 1.70. The second kappa shape index (κ2) is 20.0. The van der Waals surface area contributed by atoms with Crippen molar-refractivity contribution in [3.63, 3.8) is 0 Å². The Bertz CT molecular complexity index is 3590. The minimum atomic E-state index is -0.698. The normalized spacial score (nSPS) is 12.3. The maximum absolute atomic E-state index is 5.42. The van der Waals surface area contributed by atoms with Crippen LogP contribution in [0.2, 0.25) is 0 Å². The van der Waals surface area contributed by atoms with Crippen molar-refractivity contribution in [2.24, 2.45) is 0 Å². The van der Waals surface area contributed by atoms with Gasteiger partial charge in [0.15, 0.2) is 17.5 Å². The first kappa shape index (κ1) is 45.7. The lowest BCUT2D eigenvalue weighted by Gasteiger charge is -2.48. The summed E-state index contributed by atoms with van der Waals surface area (Å²) >= 11 is 0. The largest absolute Gasteiger partial charge is 0.308 e. The van der Waals surface area contributed by atoms with Gasteiger partial charge in [0, 0.05) is 39.4 Å². The Balaban J connectivity index is 1.21. The van der Waals surface area contributed by atoms with E-state index < -0.39 is 5.41 Å². The van der Waals surface area contributed by atoms with E-state index in [-0.39, 0.29) is 0 Å². The monoisotopic (exact) mass is 974 g/mol. The van der Waals surface area contributed by atoms with Gasteiger partial charge in [-0.15, -0.1) is 0 Å². The van der Waals surface area contributed by atoms with E-state index in [9.17, 15) is 0 Å². The summed E-state index contributed by atoms with van der Waals surface area (Å²) < 4.78 is 0. The molecule has 0 spiro atoms. The Labute approximate surface area is 443 Å². The molecule has 1 aromatic heterocycles. The summed E-state index contributed by atoms with van der Waals surface area (Å²) in [5, 5.41) is 0. The molecule has 6 heteroatoms. The predicted molar refractivity (Wildman–Crippen MR) is 312 cm³/mol. The number of fused-ring (bicyclic) bond motifs is 2. The minimum absolute atomic E-state index is 0.538. The van der Waals surface area contributed by atoms with Crippen molar-refractivity contribution in [1.29, 1.82) is 0 Å². The van der Waals surface area contributed by atoms with E-state index >= 15 is 0 Å². The molecule has 0 aliphatic carbocycles. The Morgan fingerprint density at radius 1 is 0.276 bits per heavy atom. The lowest BCUT2D eigenvalue weighted by molar-refractivity contribution is 0.731. The van der Waals surface area contributed by atoms with Crippen molar-refractivity contribution in [1.82, 2.24) is 15.0 Å². The summed E-state index contributed by atoms with van der Waals surface area (Å²) in [4.78, 5) is 23.3. The topological polar surface area (TPSA) is 48.4 Å². The molecular weight excluding hydrogens is 925 g/mol. The molecule has 76 heavy (non-hydrogen) atoms. The predicted octanol–water partition coefficient (Wildman–Crippen LogP) is 18.0. The van der Waals surface area contributed by atoms with Crippen LogP contribution in [0.4, 0.5) is 51.2 Å². The Kier molecular flexibility index (Phi) is 12.0. The number of benzene rings is 11. The van der Waals surface area contributed by atoms with Crippen LogP contribution in [-0.2, 0) is 5.41 Å². The molecule has 360 valence electrons. The summed E-state index contributed by atoms with van der Waals surface area (Å²) in [6.07, 6.45) is 0. The first-order valence-corrected chi connectivity index (χ1v) is 25.7.